The number of carbonyl (C=O) groups is 2. The normalized spacial score (nSPS) is 10.8. The minimum atomic E-state index is -1.13. The lowest BCUT2D eigenvalue weighted by Gasteiger charge is -2.05. The van der Waals surface area contributed by atoms with E-state index in [1.807, 2.05) is 25.1 Å². The molecule has 156 valence electrons. The van der Waals surface area contributed by atoms with Gasteiger partial charge in [0.2, 0.25) is 0 Å². The van der Waals surface area contributed by atoms with Gasteiger partial charge in [-0.05, 0) is 36.8 Å². The fraction of sp³-hybridized carbons (Fsp3) is 0.0455. The van der Waals surface area contributed by atoms with Gasteiger partial charge in [-0.15, -0.1) is 22.7 Å². The summed E-state index contributed by atoms with van der Waals surface area (Å²) >= 11 is 8.31. The molecule has 0 bridgehead atoms. The summed E-state index contributed by atoms with van der Waals surface area (Å²) in [6.45, 7) is 5.69. The number of fused-ring (bicyclic) bond motifs is 1. The standard InChI is InChI=1S/C22H16ClN3O3S2/c1-11(2)24-15-4-3-5-16-18(15)31-21(25-16)19(27)26-20-17(22(28)29)14(10-30-20)12-6-8-13(23)9-7-12/h3-10,24H,1H2,2H3,(H,26,27)(H,28,29). The summed E-state index contributed by atoms with van der Waals surface area (Å²) in [6.07, 6.45) is 0. The number of carboxylic acids is 1. The van der Waals surface area contributed by atoms with Gasteiger partial charge in [0.15, 0.2) is 5.01 Å². The van der Waals surface area contributed by atoms with E-state index in [4.69, 9.17) is 11.6 Å². The fourth-order valence-electron chi connectivity index (χ4n) is 3.04. The van der Waals surface area contributed by atoms with Crippen LogP contribution in [0.2, 0.25) is 5.02 Å². The van der Waals surface area contributed by atoms with E-state index in [9.17, 15) is 14.7 Å². The number of nitrogens with zero attached hydrogens (tertiary/aromatic N) is 1. The highest BCUT2D eigenvalue weighted by atomic mass is 35.5. The second kappa shape index (κ2) is 8.50. The molecule has 0 atom stereocenters. The first-order chi connectivity index (χ1) is 14.8. The average Bonchev–Trinajstić information content (AvgIpc) is 3.33. The number of amides is 1. The van der Waals surface area contributed by atoms with Crippen molar-refractivity contribution in [2.45, 2.75) is 6.92 Å². The molecule has 3 N–H and O–H groups in total. The molecule has 0 fully saturated rings. The van der Waals surface area contributed by atoms with Gasteiger partial charge >= 0.3 is 5.97 Å². The molecule has 4 rings (SSSR count). The minimum absolute atomic E-state index is 0.0337. The van der Waals surface area contributed by atoms with Crippen molar-refractivity contribution in [2.75, 3.05) is 10.6 Å². The third-order valence-corrected chi connectivity index (χ3v) is 6.60. The number of thiophene rings is 1. The quantitative estimate of drug-likeness (QED) is 0.297. The van der Waals surface area contributed by atoms with Crippen molar-refractivity contribution in [2.24, 2.45) is 0 Å². The lowest BCUT2D eigenvalue weighted by Crippen LogP contribution is -2.13. The molecule has 6 nitrogen and oxygen atoms in total. The molecule has 31 heavy (non-hydrogen) atoms. The van der Waals surface area contributed by atoms with Crippen molar-refractivity contribution >= 4 is 67.1 Å². The molecule has 0 aliphatic heterocycles. The van der Waals surface area contributed by atoms with Gasteiger partial charge < -0.3 is 15.7 Å². The average molecular weight is 470 g/mol. The number of carboxylic acid groups (broad SMARTS) is 1. The van der Waals surface area contributed by atoms with Crippen LogP contribution in [0.5, 0.6) is 0 Å². The lowest BCUT2D eigenvalue weighted by molar-refractivity contribution is 0.0699. The van der Waals surface area contributed by atoms with E-state index in [1.165, 1.54) is 11.3 Å². The molecule has 0 saturated carbocycles. The van der Waals surface area contributed by atoms with Crippen molar-refractivity contribution in [3.63, 3.8) is 0 Å². The number of benzene rings is 2. The number of allylic oxidation sites excluding steroid dienone is 1. The van der Waals surface area contributed by atoms with E-state index in [-0.39, 0.29) is 15.6 Å². The number of hydrogen-bond donors (Lipinski definition) is 3. The van der Waals surface area contributed by atoms with Gasteiger partial charge in [-0.25, -0.2) is 9.78 Å². The van der Waals surface area contributed by atoms with Crippen LogP contribution in [0.3, 0.4) is 0 Å². The Morgan fingerprint density at radius 2 is 1.87 bits per heavy atom. The maximum atomic E-state index is 12.9. The molecule has 1 amide bonds. The van der Waals surface area contributed by atoms with Crippen LogP contribution >= 0.6 is 34.3 Å². The zero-order valence-electron chi connectivity index (χ0n) is 16.2. The number of thiazole rings is 1. The first-order valence-electron chi connectivity index (χ1n) is 9.07. The number of hydrogen-bond acceptors (Lipinski definition) is 6. The number of aromatic carboxylic acids is 1. The topological polar surface area (TPSA) is 91.3 Å². The van der Waals surface area contributed by atoms with Crippen molar-refractivity contribution < 1.29 is 14.7 Å². The molecule has 0 aliphatic carbocycles. The lowest BCUT2D eigenvalue weighted by atomic mass is 10.0. The third kappa shape index (κ3) is 4.32. The predicted molar refractivity (Wildman–Crippen MR) is 128 cm³/mol. The summed E-state index contributed by atoms with van der Waals surface area (Å²) in [5.41, 5.74) is 3.51. The molecule has 0 saturated heterocycles. The zero-order valence-corrected chi connectivity index (χ0v) is 18.6. The minimum Gasteiger partial charge on any atom is -0.478 e. The smallest absolute Gasteiger partial charge is 0.339 e. The van der Waals surface area contributed by atoms with E-state index in [1.54, 1.807) is 29.6 Å². The maximum absolute atomic E-state index is 12.9. The second-order valence-corrected chi connectivity index (χ2v) is 9.01. The Labute approximate surface area is 190 Å². The summed E-state index contributed by atoms with van der Waals surface area (Å²) < 4.78 is 0.821. The van der Waals surface area contributed by atoms with Gasteiger partial charge in [-0.1, -0.05) is 36.4 Å². The van der Waals surface area contributed by atoms with Crippen LogP contribution in [-0.2, 0) is 0 Å². The molecule has 2 aromatic carbocycles. The Hall–Kier alpha value is -3.20. The highest BCUT2D eigenvalue weighted by molar-refractivity contribution is 7.21. The van der Waals surface area contributed by atoms with E-state index >= 15 is 0 Å². The van der Waals surface area contributed by atoms with E-state index in [0.717, 1.165) is 27.4 Å². The van der Waals surface area contributed by atoms with Crippen LogP contribution in [0.4, 0.5) is 10.7 Å². The second-order valence-electron chi connectivity index (χ2n) is 6.70. The van der Waals surface area contributed by atoms with Crippen molar-refractivity contribution in [3.8, 4) is 11.1 Å². The highest BCUT2D eigenvalue weighted by Gasteiger charge is 2.23. The van der Waals surface area contributed by atoms with Gasteiger partial charge in [-0.2, -0.15) is 0 Å². The molecular weight excluding hydrogens is 454 g/mol. The Balaban J connectivity index is 1.67. The number of nitrogens with one attached hydrogen (secondary N) is 2. The molecule has 0 aliphatic rings. The van der Waals surface area contributed by atoms with Crippen LogP contribution in [0.25, 0.3) is 21.3 Å². The summed E-state index contributed by atoms with van der Waals surface area (Å²) in [4.78, 5) is 29.2. The Kier molecular flexibility index (Phi) is 5.77. The molecule has 9 heteroatoms. The van der Waals surface area contributed by atoms with Gasteiger partial charge in [0.25, 0.3) is 5.91 Å². The Morgan fingerprint density at radius 1 is 1.13 bits per heavy atom. The zero-order chi connectivity index (χ0) is 22.1. The van der Waals surface area contributed by atoms with Gasteiger partial charge in [0.05, 0.1) is 15.9 Å². The predicted octanol–water partition coefficient (Wildman–Crippen LogP) is 6.57. The van der Waals surface area contributed by atoms with Gasteiger partial charge in [0, 0.05) is 21.7 Å². The first-order valence-corrected chi connectivity index (χ1v) is 11.1. The molecule has 4 aromatic rings. The van der Waals surface area contributed by atoms with Gasteiger partial charge in [0.1, 0.15) is 10.6 Å². The summed E-state index contributed by atoms with van der Waals surface area (Å²) in [5.74, 6) is -1.59. The monoisotopic (exact) mass is 469 g/mol. The van der Waals surface area contributed by atoms with Crippen LogP contribution in [-0.4, -0.2) is 22.0 Å². The van der Waals surface area contributed by atoms with E-state index < -0.39 is 11.9 Å². The first kappa shape index (κ1) is 21.0. The summed E-state index contributed by atoms with van der Waals surface area (Å²) in [5, 5.41) is 18.4. The molecule has 0 radical (unpaired) electrons. The summed E-state index contributed by atoms with van der Waals surface area (Å²) in [7, 11) is 0. The van der Waals surface area contributed by atoms with E-state index in [2.05, 4.69) is 22.2 Å². The molecule has 0 spiro atoms. The number of halogens is 1. The number of carbonyl (C=O) groups excluding carboxylic acids is 1. The van der Waals surface area contributed by atoms with Crippen LogP contribution in [0.15, 0.2) is 60.1 Å². The van der Waals surface area contributed by atoms with Crippen molar-refractivity contribution in [1.29, 1.82) is 0 Å². The number of anilines is 2. The van der Waals surface area contributed by atoms with Crippen LogP contribution in [0.1, 0.15) is 27.1 Å². The SMILES string of the molecule is C=C(C)Nc1cccc2nc(C(=O)Nc3scc(-c4ccc(Cl)cc4)c3C(=O)O)sc12. The van der Waals surface area contributed by atoms with Crippen molar-refractivity contribution in [3.05, 3.63) is 75.7 Å². The third-order valence-electron chi connectivity index (χ3n) is 4.34. The van der Waals surface area contributed by atoms with Crippen LogP contribution < -0.4 is 10.6 Å². The maximum Gasteiger partial charge on any atom is 0.339 e. The Bertz CT molecular complexity index is 1330. The molecule has 2 heterocycles. The van der Waals surface area contributed by atoms with Gasteiger partial charge in [-0.3, -0.25) is 4.79 Å². The molecular formula is C22H16ClN3O3S2. The van der Waals surface area contributed by atoms with E-state index in [0.29, 0.717) is 21.7 Å². The molecule has 2 aromatic heterocycles. The fourth-order valence-corrected chi connectivity index (χ4v) is 5.05. The number of rotatable bonds is 6. The summed E-state index contributed by atoms with van der Waals surface area (Å²) in [6, 6.07) is 12.4. The largest absolute Gasteiger partial charge is 0.478 e. The number of aromatic nitrogens is 1. The highest BCUT2D eigenvalue weighted by Crippen LogP contribution is 2.37. The van der Waals surface area contributed by atoms with Crippen LogP contribution in [0, 0.1) is 0 Å². The molecule has 0 unspecified atom stereocenters. The van der Waals surface area contributed by atoms with Crippen molar-refractivity contribution in [1.82, 2.24) is 4.98 Å². The Morgan fingerprint density at radius 3 is 2.55 bits per heavy atom.